The van der Waals surface area contributed by atoms with Crippen molar-refractivity contribution >= 4 is 62.6 Å². The monoisotopic (exact) mass is 581 g/mol. The summed E-state index contributed by atoms with van der Waals surface area (Å²) < 4.78 is 19.6. The highest BCUT2D eigenvalue weighted by Crippen LogP contribution is 2.41. The minimum Gasteiger partial charge on any atom is -0.495 e. The van der Waals surface area contributed by atoms with E-state index < -0.39 is 7.14 Å². The second-order valence-corrected chi connectivity index (χ2v) is 13.7. The minimum atomic E-state index is -2.71. The maximum absolute atomic E-state index is 13.3. The highest BCUT2D eigenvalue weighted by molar-refractivity contribution is 9.10. The molecule has 0 saturated carbocycles. The van der Waals surface area contributed by atoms with Gasteiger partial charge in [0.05, 0.1) is 33.8 Å². The van der Waals surface area contributed by atoms with Crippen molar-refractivity contribution in [3.63, 3.8) is 0 Å². The van der Waals surface area contributed by atoms with Crippen LogP contribution in [0, 0.1) is 0 Å². The Hall–Kier alpha value is -3.07. The lowest BCUT2D eigenvalue weighted by Crippen LogP contribution is -2.29. The predicted molar refractivity (Wildman–Crippen MR) is 153 cm³/mol. The van der Waals surface area contributed by atoms with E-state index in [0.29, 0.717) is 44.2 Å². The number of rotatable bonds is 6. The molecule has 1 atom stereocenters. The molecule has 1 aliphatic heterocycles. The number of hydrogen-bond donors (Lipinski definition) is 2. The van der Waals surface area contributed by atoms with E-state index in [1.54, 1.807) is 39.0 Å². The van der Waals surface area contributed by atoms with Crippen LogP contribution >= 0.6 is 23.1 Å². The van der Waals surface area contributed by atoms with E-state index in [4.69, 9.17) is 9.72 Å². The van der Waals surface area contributed by atoms with Gasteiger partial charge in [0.25, 0.3) is 0 Å². The molecule has 0 radical (unpaired) electrons. The molecule has 2 aromatic heterocycles. The largest absolute Gasteiger partial charge is 0.495 e. The van der Waals surface area contributed by atoms with Crippen LogP contribution in [0.4, 0.5) is 23.1 Å². The average Bonchev–Trinajstić information content (AvgIpc) is 2.85. The Bertz CT molecular complexity index is 1540. The van der Waals surface area contributed by atoms with Crippen LogP contribution < -0.4 is 20.7 Å². The molecule has 0 spiro atoms. The highest BCUT2D eigenvalue weighted by Gasteiger charge is 2.24. The zero-order chi connectivity index (χ0) is 26.3. The first-order valence-corrected chi connectivity index (χ1v) is 15.3. The second kappa shape index (κ2) is 10.0. The smallest absolute Gasteiger partial charge is 0.229 e. The molecule has 192 valence electrons. The summed E-state index contributed by atoms with van der Waals surface area (Å²) in [6.07, 6.45) is 4.92. The van der Waals surface area contributed by atoms with Crippen LogP contribution in [-0.4, -0.2) is 58.9 Å². The van der Waals surface area contributed by atoms with Crippen LogP contribution in [0.2, 0.25) is 0 Å². The van der Waals surface area contributed by atoms with Crippen molar-refractivity contribution in [2.45, 2.75) is 19.4 Å². The summed E-state index contributed by atoms with van der Waals surface area (Å²) in [4.78, 5) is 20.3. The molecule has 11 heteroatoms. The number of ether oxygens (including phenoxy) is 1. The number of nitrogens with zero attached hydrogens (tertiary/aromatic N) is 5. The van der Waals surface area contributed by atoms with Gasteiger partial charge in [0.1, 0.15) is 24.2 Å². The molecule has 1 aliphatic rings. The number of methoxy groups -OCH3 is 1. The lowest BCUT2D eigenvalue weighted by atomic mass is 9.90. The second-order valence-electron chi connectivity index (χ2n) is 9.73. The van der Waals surface area contributed by atoms with E-state index in [-0.39, 0.29) is 0 Å². The lowest BCUT2D eigenvalue weighted by molar-refractivity contribution is 0.287. The number of hydrogen-bond acceptors (Lipinski definition) is 9. The topological polar surface area (TPSA) is 105 Å². The quantitative estimate of drug-likeness (QED) is 0.286. The number of benzene rings is 2. The third kappa shape index (κ3) is 5.19. The number of nitrogens with one attached hydrogen (secondary N) is 2. The third-order valence-electron chi connectivity index (χ3n) is 6.41. The molecule has 9 nitrogen and oxygen atoms in total. The van der Waals surface area contributed by atoms with Gasteiger partial charge in [0, 0.05) is 31.7 Å². The van der Waals surface area contributed by atoms with Gasteiger partial charge in [-0.15, -0.1) is 0 Å². The number of anilines is 4. The summed E-state index contributed by atoms with van der Waals surface area (Å²) in [6.45, 7) is 7.57. The van der Waals surface area contributed by atoms with Crippen LogP contribution in [0.15, 0.2) is 47.3 Å². The van der Waals surface area contributed by atoms with Crippen LogP contribution in [-0.2, 0) is 11.1 Å². The summed E-state index contributed by atoms with van der Waals surface area (Å²) in [6, 6.07) is 7.94. The third-order valence-corrected chi connectivity index (χ3v) is 8.52. The molecule has 5 rings (SSSR count). The van der Waals surface area contributed by atoms with Crippen molar-refractivity contribution in [2.24, 2.45) is 0 Å². The standard InChI is InChI=1S/C26H29BrN7O2P/c1-15-13-34(2)14-16-10-22(36-3)21(11-17(15)16)32-26-30-12-18(27)25(33-26)31-20-7-6-19-23(29-9-8-28-19)24(20)37(4,5)35/h6-12,15H,13-14H2,1-5H3,(H2,30,31,32,33). The first-order chi connectivity index (χ1) is 17.6. The zero-order valence-electron chi connectivity index (χ0n) is 21.4. The Morgan fingerprint density at radius 2 is 1.89 bits per heavy atom. The first-order valence-electron chi connectivity index (χ1n) is 11.9. The van der Waals surface area contributed by atoms with E-state index in [1.807, 2.05) is 12.1 Å². The summed E-state index contributed by atoms with van der Waals surface area (Å²) in [5.41, 5.74) is 5.33. The SMILES string of the molecule is COc1cc2c(cc1Nc1ncc(Br)c(Nc3ccc4nccnc4c3P(C)(C)=O)n1)C(C)CN(C)C2. The van der Waals surface area contributed by atoms with Gasteiger partial charge < -0.3 is 24.8 Å². The molecule has 0 bridgehead atoms. The van der Waals surface area contributed by atoms with Gasteiger partial charge in [-0.25, -0.2) is 4.98 Å². The van der Waals surface area contributed by atoms with Gasteiger partial charge in [0.15, 0.2) is 0 Å². The van der Waals surface area contributed by atoms with Gasteiger partial charge in [-0.3, -0.25) is 9.97 Å². The average molecular weight is 582 g/mol. The molecule has 0 amide bonds. The Morgan fingerprint density at radius 3 is 2.65 bits per heavy atom. The van der Waals surface area contributed by atoms with E-state index >= 15 is 0 Å². The number of halogens is 1. The Kier molecular flexibility index (Phi) is 6.91. The number of aromatic nitrogens is 4. The van der Waals surface area contributed by atoms with E-state index in [0.717, 1.165) is 24.5 Å². The molecule has 2 N–H and O–H groups in total. The van der Waals surface area contributed by atoms with Crippen molar-refractivity contribution in [3.05, 3.63) is 58.5 Å². The molecule has 37 heavy (non-hydrogen) atoms. The number of fused-ring (bicyclic) bond motifs is 2. The summed E-state index contributed by atoms with van der Waals surface area (Å²) in [5, 5.41) is 7.31. The van der Waals surface area contributed by atoms with E-state index in [1.165, 1.54) is 11.1 Å². The molecule has 4 aromatic rings. The van der Waals surface area contributed by atoms with Crippen LogP contribution in [0.25, 0.3) is 11.0 Å². The van der Waals surface area contributed by atoms with Crippen molar-refractivity contribution < 1.29 is 9.30 Å². The van der Waals surface area contributed by atoms with Crippen molar-refractivity contribution in [1.29, 1.82) is 0 Å². The fourth-order valence-corrected chi connectivity index (χ4v) is 6.54. The fourth-order valence-electron chi connectivity index (χ4n) is 4.85. The molecule has 0 saturated heterocycles. The first kappa shape index (κ1) is 25.6. The van der Waals surface area contributed by atoms with Gasteiger partial charge in [-0.2, -0.15) is 4.98 Å². The molecule has 1 unspecified atom stereocenters. The Labute approximate surface area is 224 Å². The molecular formula is C26H29BrN7O2P. The lowest BCUT2D eigenvalue weighted by Gasteiger charge is -2.31. The molecule has 0 aliphatic carbocycles. The normalized spacial score (nSPS) is 15.9. The molecule has 0 fully saturated rings. The molecule has 3 heterocycles. The number of likely N-dealkylation sites (N-methyl/N-ethyl adjacent to an activating group) is 1. The van der Waals surface area contributed by atoms with Crippen LogP contribution in [0.1, 0.15) is 24.0 Å². The fraction of sp³-hybridized carbons (Fsp3) is 0.308. The van der Waals surface area contributed by atoms with Crippen molar-refractivity contribution in [3.8, 4) is 5.75 Å². The van der Waals surface area contributed by atoms with Crippen LogP contribution in [0.3, 0.4) is 0 Å². The maximum atomic E-state index is 13.3. The summed E-state index contributed by atoms with van der Waals surface area (Å²) >= 11 is 3.55. The van der Waals surface area contributed by atoms with Gasteiger partial charge in [-0.1, -0.05) is 6.92 Å². The summed E-state index contributed by atoms with van der Waals surface area (Å²) in [7, 11) is 1.08. The minimum absolute atomic E-state index is 0.400. The van der Waals surface area contributed by atoms with Gasteiger partial charge >= 0.3 is 0 Å². The maximum Gasteiger partial charge on any atom is 0.229 e. The van der Waals surface area contributed by atoms with E-state index in [2.05, 4.69) is 72.5 Å². The van der Waals surface area contributed by atoms with Crippen LogP contribution in [0.5, 0.6) is 5.75 Å². The van der Waals surface area contributed by atoms with Gasteiger partial charge in [0.2, 0.25) is 5.95 Å². The Balaban J connectivity index is 1.51. The summed E-state index contributed by atoms with van der Waals surface area (Å²) in [5.74, 6) is 2.07. The molecular weight excluding hydrogens is 553 g/mol. The molecule has 2 aromatic carbocycles. The Morgan fingerprint density at radius 1 is 1.11 bits per heavy atom. The van der Waals surface area contributed by atoms with Gasteiger partial charge in [-0.05, 0) is 77.6 Å². The predicted octanol–water partition coefficient (Wildman–Crippen LogP) is 5.48. The zero-order valence-corrected chi connectivity index (χ0v) is 23.9. The van der Waals surface area contributed by atoms with E-state index in [9.17, 15) is 4.57 Å². The van der Waals surface area contributed by atoms with Crippen molar-refractivity contribution in [1.82, 2.24) is 24.8 Å². The van der Waals surface area contributed by atoms with Crippen molar-refractivity contribution in [2.75, 3.05) is 44.7 Å². The highest BCUT2D eigenvalue weighted by atomic mass is 79.9.